The number of rotatable bonds is 5. The van der Waals surface area contributed by atoms with Gasteiger partial charge in [0.25, 0.3) is 0 Å². The molecular formula is C22H29NO2. The topological polar surface area (TPSA) is 40.5 Å². The van der Waals surface area contributed by atoms with Crippen LogP contribution >= 0.6 is 0 Å². The molecule has 0 amide bonds. The van der Waals surface area contributed by atoms with Crippen LogP contribution in [-0.2, 0) is 11.2 Å². The second-order valence-corrected chi connectivity index (χ2v) is 7.75. The second kappa shape index (κ2) is 7.67. The third kappa shape index (κ3) is 3.94. The van der Waals surface area contributed by atoms with E-state index in [-0.39, 0.29) is 17.6 Å². The number of hydrogen-bond acceptors (Lipinski definition) is 3. The van der Waals surface area contributed by atoms with Crippen LogP contribution in [-0.4, -0.2) is 42.0 Å². The summed E-state index contributed by atoms with van der Waals surface area (Å²) in [6.07, 6.45) is 10.3. The molecule has 3 atom stereocenters. The molecule has 2 aliphatic rings. The number of ketones is 1. The fourth-order valence-electron chi connectivity index (χ4n) is 4.31. The molecule has 0 bridgehead atoms. The molecule has 25 heavy (non-hydrogen) atoms. The van der Waals surface area contributed by atoms with E-state index in [0.717, 1.165) is 31.4 Å². The summed E-state index contributed by atoms with van der Waals surface area (Å²) in [5.74, 6) is 0.0446. The third-order valence-corrected chi connectivity index (χ3v) is 5.59. The van der Waals surface area contributed by atoms with E-state index in [1.807, 2.05) is 50.5 Å². The minimum Gasteiger partial charge on any atom is -0.385 e. The smallest absolute Gasteiger partial charge is 0.168 e. The number of Topliss-reactive ketones (excluding diaryl/α,β-unsaturated/α-hetero) is 1. The van der Waals surface area contributed by atoms with Crippen LogP contribution in [0.2, 0.25) is 0 Å². The summed E-state index contributed by atoms with van der Waals surface area (Å²) in [4.78, 5) is 15.3. The Balaban J connectivity index is 1.82. The predicted octanol–water partition coefficient (Wildman–Crippen LogP) is 3.39. The Morgan fingerprint density at radius 3 is 2.68 bits per heavy atom. The minimum atomic E-state index is -0.987. The quantitative estimate of drug-likeness (QED) is 0.894. The van der Waals surface area contributed by atoms with Gasteiger partial charge in [0, 0.05) is 24.0 Å². The number of benzene rings is 1. The molecule has 2 aliphatic carbocycles. The Hall–Kier alpha value is -1.71. The Labute approximate surface area is 151 Å². The van der Waals surface area contributed by atoms with Gasteiger partial charge in [0.05, 0.1) is 5.60 Å². The van der Waals surface area contributed by atoms with Gasteiger partial charge < -0.3 is 10.0 Å². The van der Waals surface area contributed by atoms with Crippen LogP contribution in [0.1, 0.15) is 31.2 Å². The van der Waals surface area contributed by atoms with Gasteiger partial charge in [-0.2, -0.15) is 0 Å². The molecule has 1 fully saturated rings. The third-order valence-electron chi connectivity index (χ3n) is 5.59. The molecule has 3 rings (SSSR count). The molecule has 0 aromatic heterocycles. The van der Waals surface area contributed by atoms with Crippen molar-refractivity contribution in [2.24, 2.45) is 11.8 Å². The number of nitrogens with zero attached hydrogens (tertiary/aromatic N) is 1. The van der Waals surface area contributed by atoms with E-state index in [2.05, 4.69) is 17.0 Å². The SMILES string of the molecule is CN(C)C[C@@H]1CCCC[C@@]1(O)C1=CC=CC(Cc2ccccc2)C1=O. The number of carbonyl (C=O) groups is 1. The summed E-state index contributed by atoms with van der Waals surface area (Å²) in [5.41, 5.74) is 0.800. The van der Waals surface area contributed by atoms with Gasteiger partial charge >= 0.3 is 0 Å². The first-order valence-electron chi connectivity index (χ1n) is 9.35. The molecule has 1 aromatic carbocycles. The molecule has 1 saturated carbocycles. The molecule has 1 aromatic rings. The molecule has 3 nitrogen and oxygen atoms in total. The molecule has 0 spiro atoms. The fourth-order valence-corrected chi connectivity index (χ4v) is 4.31. The van der Waals surface area contributed by atoms with Crippen molar-refractivity contribution in [3.05, 3.63) is 59.7 Å². The predicted molar refractivity (Wildman–Crippen MR) is 101 cm³/mol. The maximum Gasteiger partial charge on any atom is 0.168 e. The first kappa shape index (κ1) is 18.1. The number of hydrogen-bond donors (Lipinski definition) is 1. The monoisotopic (exact) mass is 339 g/mol. The van der Waals surface area contributed by atoms with Crippen molar-refractivity contribution in [3.8, 4) is 0 Å². The fraction of sp³-hybridized carbons (Fsp3) is 0.500. The van der Waals surface area contributed by atoms with Crippen molar-refractivity contribution in [1.29, 1.82) is 0 Å². The number of allylic oxidation sites excluding steroid dienone is 3. The van der Waals surface area contributed by atoms with Gasteiger partial charge in [0.15, 0.2) is 5.78 Å². The highest BCUT2D eigenvalue weighted by Crippen LogP contribution is 2.41. The molecule has 134 valence electrons. The van der Waals surface area contributed by atoms with E-state index >= 15 is 0 Å². The van der Waals surface area contributed by atoms with E-state index in [1.165, 1.54) is 0 Å². The van der Waals surface area contributed by atoms with Gasteiger partial charge in [0.1, 0.15) is 0 Å². The Morgan fingerprint density at radius 2 is 1.96 bits per heavy atom. The van der Waals surface area contributed by atoms with Gasteiger partial charge in [-0.15, -0.1) is 0 Å². The molecule has 3 heteroatoms. The van der Waals surface area contributed by atoms with Crippen LogP contribution in [0.15, 0.2) is 54.1 Å². The summed E-state index contributed by atoms with van der Waals surface area (Å²) >= 11 is 0. The van der Waals surface area contributed by atoms with Gasteiger partial charge in [-0.25, -0.2) is 0 Å². The van der Waals surface area contributed by atoms with Gasteiger partial charge in [-0.3, -0.25) is 4.79 Å². The summed E-state index contributed by atoms with van der Waals surface area (Å²) in [7, 11) is 4.06. The maximum absolute atomic E-state index is 13.2. The number of carbonyl (C=O) groups excluding carboxylic acids is 1. The average Bonchev–Trinajstić information content (AvgIpc) is 2.59. The van der Waals surface area contributed by atoms with E-state index in [4.69, 9.17) is 0 Å². The van der Waals surface area contributed by atoms with Gasteiger partial charge in [-0.05, 0) is 38.9 Å². The maximum atomic E-state index is 13.2. The Morgan fingerprint density at radius 1 is 1.20 bits per heavy atom. The van der Waals surface area contributed by atoms with E-state index in [0.29, 0.717) is 18.4 Å². The normalized spacial score (nSPS) is 29.8. The summed E-state index contributed by atoms with van der Waals surface area (Å²) in [6, 6.07) is 10.1. The van der Waals surface area contributed by atoms with Crippen LogP contribution in [0.3, 0.4) is 0 Å². The van der Waals surface area contributed by atoms with E-state index < -0.39 is 5.60 Å². The Bertz CT molecular complexity index is 662. The Kier molecular flexibility index (Phi) is 5.55. The van der Waals surface area contributed by atoms with Crippen molar-refractivity contribution < 1.29 is 9.90 Å². The van der Waals surface area contributed by atoms with Crippen LogP contribution in [0.4, 0.5) is 0 Å². The van der Waals surface area contributed by atoms with Crippen molar-refractivity contribution in [3.63, 3.8) is 0 Å². The molecular weight excluding hydrogens is 310 g/mol. The molecule has 0 radical (unpaired) electrons. The largest absolute Gasteiger partial charge is 0.385 e. The van der Waals surface area contributed by atoms with Crippen LogP contribution in [0, 0.1) is 11.8 Å². The lowest BCUT2D eigenvalue weighted by molar-refractivity contribution is -0.122. The van der Waals surface area contributed by atoms with Gasteiger partial charge in [-0.1, -0.05) is 61.4 Å². The molecule has 1 N–H and O–H groups in total. The summed E-state index contributed by atoms with van der Waals surface area (Å²) < 4.78 is 0. The van der Waals surface area contributed by atoms with Crippen LogP contribution in [0.5, 0.6) is 0 Å². The zero-order valence-electron chi connectivity index (χ0n) is 15.3. The highest BCUT2D eigenvalue weighted by molar-refractivity contribution is 6.01. The summed E-state index contributed by atoms with van der Waals surface area (Å²) in [5, 5.41) is 11.5. The van der Waals surface area contributed by atoms with Crippen LogP contribution in [0.25, 0.3) is 0 Å². The standard InChI is InChI=1S/C22H29NO2/c1-23(2)16-19-12-6-7-14-22(19,25)20-13-8-11-18(21(20)24)15-17-9-4-3-5-10-17/h3-5,8-11,13,18-19,25H,6-7,12,14-16H2,1-2H3/t18?,19-,22-/m0/s1. The summed E-state index contributed by atoms with van der Waals surface area (Å²) in [6.45, 7) is 0.814. The lowest BCUT2D eigenvalue weighted by Crippen LogP contribution is -2.49. The van der Waals surface area contributed by atoms with E-state index in [9.17, 15) is 9.90 Å². The first-order chi connectivity index (χ1) is 12.0. The molecule has 0 saturated heterocycles. The average molecular weight is 339 g/mol. The van der Waals surface area contributed by atoms with Crippen LogP contribution < -0.4 is 0 Å². The highest BCUT2D eigenvalue weighted by Gasteiger charge is 2.45. The number of aliphatic hydroxyl groups is 1. The molecule has 0 heterocycles. The second-order valence-electron chi connectivity index (χ2n) is 7.75. The van der Waals surface area contributed by atoms with E-state index in [1.54, 1.807) is 0 Å². The zero-order chi connectivity index (χ0) is 17.9. The first-order valence-corrected chi connectivity index (χ1v) is 9.35. The minimum absolute atomic E-state index is 0.0968. The van der Waals surface area contributed by atoms with Crippen molar-refractivity contribution in [2.45, 2.75) is 37.7 Å². The lowest BCUT2D eigenvalue weighted by atomic mass is 9.67. The highest BCUT2D eigenvalue weighted by atomic mass is 16.3. The van der Waals surface area contributed by atoms with Crippen molar-refractivity contribution in [1.82, 2.24) is 4.90 Å². The van der Waals surface area contributed by atoms with Crippen molar-refractivity contribution >= 4 is 5.78 Å². The zero-order valence-corrected chi connectivity index (χ0v) is 15.3. The molecule has 1 unspecified atom stereocenters. The van der Waals surface area contributed by atoms with Gasteiger partial charge in [0.2, 0.25) is 0 Å². The molecule has 0 aliphatic heterocycles. The van der Waals surface area contributed by atoms with Crippen molar-refractivity contribution in [2.75, 3.05) is 20.6 Å². The lowest BCUT2D eigenvalue weighted by Gasteiger charge is -2.43.